The number of amides is 2. The van der Waals surface area contributed by atoms with Crippen LogP contribution in [-0.2, 0) is 17.8 Å². The number of nitrogens with zero attached hydrogens (tertiary/aromatic N) is 2. The van der Waals surface area contributed by atoms with Gasteiger partial charge in [-0.25, -0.2) is 0 Å². The van der Waals surface area contributed by atoms with Crippen molar-refractivity contribution < 1.29 is 14.0 Å². The Labute approximate surface area is 136 Å². The molecular formula is C17H25N3O3. The van der Waals surface area contributed by atoms with Gasteiger partial charge in [0.2, 0.25) is 5.91 Å². The molecule has 0 saturated carbocycles. The Morgan fingerprint density at radius 1 is 1.43 bits per heavy atom. The van der Waals surface area contributed by atoms with Gasteiger partial charge in [-0.1, -0.05) is 13.0 Å². The number of furan rings is 1. The first-order valence-electron chi connectivity index (χ1n) is 7.94. The molecule has 0 radical (unpaired) electrons. The summed E-state index contributed by atoms with van der Waals surface area (Å²) in [6.07, 6.45) is 3.90. The quantitative estimate of drug-likeness (QED) is 0.807. The number of hydrogen-bond donors (Lipinski definition) is 1. The van der Waals surface area contributed by atoms with E-state index < -0.39 is 5.91 Å². The second kappa shape index (κ2) is 7.46. The smallest absolute Gasteiger partial charge is 0.284 e. The average Bonchev–Trinajstić information content (AvgIpc) is 2.90. The fourth-order valence-electron chi connectivity index (χ4n) is 2.81. The maximum Gasteiger partial charge on any atom is 0.284 e. The number of hydrogen-bond acceptors (Lipinski definition) is 4. The van der Waals surface area contributed by atoms with Crippen LogP contribution in [0.2, 0.25) is 0 Å². The molecule has 0 bridgehead atoms. The van der Waals surface area contributed by atoms with Crippen LogP contribution >= 0.6 is 0 Å². The highest BCUT2D eigenvalue weighted by molar-refractivity contribution is 5.90. The van der Waals surface area contributed by atoms with Gasteiger partial charge in [-0.3, -0.25) is 14.5 Å². The Morgan fingerprint density at radius 2 is 2.17 bits per heavy atom. The molecule has 0 saturated heterocycles. The van der Waals surface area contributed by atoms with Gasteiger partial charge in [0.25, 0.3) is 5.91 Å². The molecule has 0 aromatic carbocycles. The second-order valence-corrected chi connectivity index (χ2v) is 6.01. The van der Waals surface area contributed by atoms with E-state index in [1.165, 1.54) is 5.57 Å². The number of carbonyl (C=O) groups is 2. The van der Waals surface area contributed by atoms with Crippen molar-refractivity contribution in [3.8, 4) is 0 Å². The lowest BCUT2D eigenvalue weighted by atomic mass is 10.1. The zero-order chi connectivity index (χ0) is 17.0. The third kappa shape index (κ3) is 4.45. The highest BCUT2D eigenvalue weighted by Gasteiger charge is 2.19. The predicted molar refractivity (Wildman–Crippen MR) is 87.9 cm³/mol. The zero-order valence-corrected chi connectivity index (χ0v) is 14.1. The zero-order valence-electron chi connectivity index (χ0n) is 14.1. The van der Waals surface area contributed by atoms with Gasteiger partial charge in [0.1, 0.15) is 5.76 Å². The molecule has 2 heterocycles. The number of rotatable bonds is 6. The van der Waals surface area contributed by atoms with Gasteiger partial charge in [0.05, 0.1) is 0 Å². The Balaban J connectivity index is 2.03. The first-order valence-corrected chi connectivity index (χ1v) is 7.94. The number of carbonyl (C=O) groups excluding carboxylic acids is 2. The molecule has 6 nitrogen and oxygen atoms in total. The third-order valence-corrected chi connectivity index (χ3v) is 4.14. The molecule has 2 amide bonds. The van der Waals surface area contributed by atoms with Gasteiger partial charge in [-0.2, -0.15) is 0 Å². The summed E-state index contributed by atoms with van der Waals surface area (Å²) in [5.41, 5.74) is 7.55. The molecule has 0 unspecified atom stereocenters. The molecule has 2 N–H and O–H groups in total. The van der Waals surface area contributed by atoms with E-state index in [0.29, 0.717) is 6.54 Å². The average molecular weight is 319 g/mol. The molecule has 6 heteroatoms. The molecule has 23 heavy (non-hydrogen) atoms. The Kier molecular flexibility index (Phi) is 5.60. The van der Waals surface area contributed by atoms with E-state index in [-0.39, 0.29) is 11.7 Å². The van der Waals surface area contributed by atoms with Gasteiger partial charge in [-0.05, 0) is 18.1 Å². The maximum absolute atomic E-state index is 11.4. The van der Waals surface area contributed by atoms with E-state index in [1.54, 1.807) is 17.9 Å². The van der Waals surface area contributed by atoms with Crippen LogP contribution in [0.3, 0.4) is 0 Å². The summed E-state index contributed by atoms with van der Waals surface area (Å²) in [6, 6.07) is 1.75. The molecule has 1 aliphatic heterocycles. The number of aryl methyl sites for hydroxylation is 1. The molecule has 1 aliphatic rings. The number of nitrogens with two attached hydrogens (primary N) is 1. The molecule has 0 fully saturated rings. The fourth-order valence-corrected chi connectivity index (χ4v) is 2.81. The number of likely N-dealkylation sites (N-methyl/N-ethyl adjacent to an activating group) is 1. The van der Waals surface area contributed by atoms with E-state index in [2.05, 4.69) is 11.0 Å². The first kappa shape index (κ1) is 17.3. The Hall–Kier alpha value is -2.08. The van der Waals surface area contributed by atoms with Crippen LogP contribution in [0.5, 0.6) is 0 Å². The highest BCUT2D eigenvalue weighted by Crippen LogP contribution is 2.20. The molecule has 126 valence electrons. The van der Waals surface area contributed by atoms with Gasteiger partial charge in [-0.15, -0.1) is 0 Å². The van der Waals surface area contributed by atoms with E-state index in [4.69, 9.17) is 10.2 Å². The van der Waals surface area contributed by atoms with Gasteiger partial charge < -0.3 is 15.1 Å². The minimum Gasteiger partial charge on any atom is -0.456 e. The van der Waals surface area contributed by atoms with E-state index in [1.807, 2.05) is 14.0 Å². The monoisotopic (exact) mass is 319 g/mol. The van der Waals surface area contributed by atoms with E-state index in [9.17, 15) is 9.59 Å². The van der Waals surface area contributed by atoms with Gasteiger partial charge >= 0.3 is 0 Å². The van der Waals surface area contributed by atoms with Crippen molar-refractivity contribution >= 4 is 11.8 Å². The van der Waals surface area contributed by atoms with Gasteiger partial charge in [0, 0.05) is 52.1 Å². The van der Waals surface area contributed by atoms with E-state index in [0.717, 1.165) is 43.8 Å². The molecular weight excluding hydrogens is 294 g/mol. The molecule has 0 atom stereocenters. The summed E-state index contributed by atoms with van der Waals surface area (Å²) in [6.45, 7) is 6.72. The van der Waals surface area contributed by atoms with Crippen molar-refractivity contribution in [3.63, 3.8) is 0 Å². The molecule has 1 aromatic heterocycles. The SMILES string of the molecule is CCc1oc(C(N)=O)cc1CN1CCC=C(CN(C)C(C)=O)C1. The first-order chi connectivity index (χ1) is 10.9. The van der Waals surface area contributed by atoms with Crippen LogP contribution in [0.15, 0.2) is 22.1 Å². The fraction of sp³-hybridized carbons (Fsp3) is 0.529. The van der Waals surface area contributed by atoms with Crippen molar-refractivity contribution in [3.05, 3.63) is 34.8 Å². The second-order valence-electron chi connectivity index (χ2n) is 6.01. The summed E-state index contributed by atoms with van der Waals surface area (Å²) in [7, 11) is 1.81. The van der Waals surface area contributed by atoms with Crippen molar-refractivity contribution in [1.29, 1.82) is 0 Å². The van der Waals surface area contributed by atoms with Crippen LogP contribution in [0.4, 0.5) is 0 Å². The van der Waals surface area contributed by atoms with Crippen molar-refractivity contribution in [2.24, 2.45) is 5.73 Å². The minimum atomic E-state index is -0.534. The Bertz CT molecular complexity index is 619. The topological polar surface area (TPSA) is 79.8 Å². The lowest BCUT2D eigenvalue weighted by Crippen LogP contribution is -2.35. The van der Waals surface area contributed by atoms with Crippen LogP contribution in [0, 0.1) is 0 Å². The number of primary amides is 1. The van der Waals surface area contributed by atoms with Crippen molar-refractivity contribution in [2.45, 2.75) is 33.2 Å². The van der Waals surface area contributed by atoms with Crippen molar-refractivity contribution in [2.75, 3.05) is 26.7 Å². The lowest BCUT2D eigenvalue weighted by molar-refractivity contribution is -0.127. The molecule has 1 aromatic rings. The normalized spacial score (nSPS) is 15.3. The predicted octanol–water partition coefficient (Wildman–Crippen LogP) is 1.55. The highest BCUT2D eigenvalue weighted by atomic mass is 16.3. The summed E-state index contributed by atoms with van der Waals surface area (Å²) in [5.74, 6) is 0.571. The lowest BCUT2D eigenvalue weighted by Gasteiger charge is -2.29. The van der Waals surface area contributed by atoms with Crippen LogP contribution in [0.1, 0.15) is 42.1 Å². The summed E-state index contributed by atoms with van der Waals surface area (Å²) >= 11 is 0. The molecule has 0 aliphatic carbocycles. The summed E-state index contributed by atoms with van der Waals surface area (Å²) in [4.78, 5) is 26.7. The van der Waals surface area contributed by atoms with Crippen LogP contribution in [0.25, 0.3) is 0 Å². The maximum atomic E-state index is 11.4. The minimum absolute atomic E-state index is 0.0669. The largest absolute Gasteiger partial charge is 0.456 e. The van der Waals surface area contributed by atoms with Gasteiger partial charge in [0.15, 0.2) is 5.76 Å². The van der Waals surface area contributed by atoms with E-state index >= 15 is 0 Å². The van der Waals surface area contributed by atoms with Crippen LogP contribution < -0.4 is 5.73 Å². The van der Waals surface area contributed by atoms with Crippen LogP contribution in [-0.4, -0.2) is 48.3 Å². The Morgan fingerprint density at radius 3 is 2.78 bits per heavy atom. The summed E-state index contributed by atoms with van der Waals surface area (Å²) in [5, 5.41) is 0. The standard InChI is InChI=1S/C17H25N3O3/c1-4-15-14(8-16(23-15)17(18)22)11-20-7-5-6-13(10-20)9-19(3)12(2)21/h6,8H,4-5,7,9-11H2,1-3H3,(H2,18,22). The van der Waals surface area contributed by atoms with Crippen molar-refractivity contribution in [1.82, 2.24) is 9.80 Å². The molecule has 0 spiro atoms. The summed E-state index contributed by atoms with van der Waals surface area (Å²) < 4.78 is 5.52. The molecule has 2 rings (SSSR count). The third-order valence-electron chi connectivity index (χ3n) is 4.14.